The maximum atomic E-state index is 12.3. The van der Waals surface area contributed by atoms with Gasteiger partial charge in [-0.15, -0.1) is 11.3 Å². The Morgan fingerprint density at radius 3 is 2.33 bits per heavy atom. The molecule has 18 heavy (non-hydrogen) atoms. The highest BCUT2D eigenvalue weighted by molar-refractivity contribution is 7.19. The summed E-state index contributed by atoms with van der Waals surface area (Å²) in [6, 6.07) is 11.9. The van der Waals surface area contributed by atoms with E-state index in [2.05, 4.69) is 0 Å². The van der Waals surface area contributed by atoms with Crippen LogP contribution in [0.25, 0.3) is 10.4 Å². The molecular weight excluding hydrogens is 242 g/mol. The number of nitrogens with two attached hydrogens (primary N) is 1. The third-order valence-corrected chi connectivity index (χ3v) is 3.76. The molecule has 0 saturated carbocycles. The van der Waals surface area contributed by atoms with Crippen molar-refractivity contribution in [3.05, 3.63) is 42.0 Å². The molecule has 3 heteroatoms. The molecule has 0 atom stereocenters. The monoisotopic (exact) mass is 259 g/mol. The molecule has 2 rings (SSSR count). The zero-order valence-corrected chi connectivity index (χ0v) is 11.7. The summed E-state index contributed by atoms with van der Waals surface area (Å²) in [5.41, 5.74) is 7.32. The number of nitrogen functional groups attached to an aromatic ring is 1. The predicted octanol–water partition coefficient (Wildman–Crippen LogP) is 4.23. The van der Waals surface area contributed by atoms with E-state index in [-0.39, 0.29) is 5.78 Å². The molecule has 0 radical (unpaired) electrons. The van der Waals surface area contributed by atoms with Gasteiger partial charge in [-0.25, -0.2) is 0 Å². The van der Waals surface area contributed by atoms with Gasteiger partial charge < -0.3 is 5.73 Å². The molecule has 2 aromatic rings. The van der Waals surface area contributed by atoms with Gasteiger partial charge in [-0.3, -0.25) is 4.79 Å². The van der Waals surface area contributed by atoms with E-state index in [0.717, 1.165) is 10.4 Å². The van der Waals surface area contributed by atoms with Gasteiger partial charge in [-0.1, -0.05) is 51.1 Å². The average molecular weight is 259 g/mol. The molecule has 0 aliphatic rings. The molecule has 0 saturated heterocycles. The summed E-state index contributed by atoms with van der Waals surface area (Å²) in [6.07, 6.45) is 0. The lowest BCUT2D eigenvalue weighted by Crippen LogP contribution is -2.20. The lowest BCUT2D eigenvalue weighted by atomic mass is 9.87. The number of hydrogen-bond donors (Lipinski definition) is 1. The summed E-state index contributed by atoms with van der Waals surface area (Å²) in [7, 11) is 0. The van der Waals surface area contributed by atoms with Crippen LogP contribution in [0.2, 0.25) is 0 Å². The number of ketones is 1. The van der Waals surface area contributed by atoms with E-state index in [1.807, 2.05) is 57.2 Å². The van der Waals surface area contributed by atoms with Crippen LogP contribution in [0, 0.1) is 5.41 Å². The fourth-order valence-corrected chi connectivity index (χ4v) is 2.66. The summed E-state index contributed by atoms with van der Waals surface area (Å²) >= 11 is 1.47. The molecular formula is C15H17NOS. The molecule has 1 aromatic carbocycles. The molecule has 0 spiro atoms. The Balaban J connectivity index is 2.43. The van der Waals surface area contributed by atoms with Gasteiger partial charge in [-0.2, -0.15) is 0 Å². The van der Waals surface area contributed by atoms with Gasteiger partial charge in [-0.05, 0) is 11.6 Å². The zero-order valence-electron chi connectivity index (χ0n) is 10.9. The molecule has 1 heterocycles. The number of thiophene rings is 1. The largest absolute Gasteiger partial charge is 0.390 e. The van der Waals surface area contributed by atoms with Crippen LogP contribution in [0.5, 0.6) is 0 Å². The maximum Gasteiger partial charge on any atom is 0.171 e. The molecule has 2 N–H and O–H groups in total. The second-order valence-corrected chi connectivity index (χ2v) is 6.42. The minimum atomic E-state index is -0.400. The van der Waals surface area contributed by atoms with E-state index < -0.39 is 5.41 Å². The molecule has 1 aromatic heterocycles. The van der Waals surface area contributed by atoms with Gasteiger partial charge in [0.2, 0.25) is 0 Å². The quantitative estimate of drug-likeness (QED) is 0.820. The third-order valence-electron chi connectivity index (χ3n) is 2.74. The van der Waals surface area contributed by atoms with Crippen molar-refractivity contribution in [3.8, 4) is 10.4 Å². The fraction of sp³-hybridized carbons (Fsp3) is 0.267. The van der Waals surface area contributed by atoms with Gasteiger partial charge in [0.1, 0.15) is 0 Å². The predicted molar refractivity (Wildman–Crippen MR) is 78.0 cm³/mol. The molecule has 0 bridgehead atoms. The number of anilines is 1. The highest BCUT2D eigenvalue weighted by atomic mass is 32.1. The average Bonchev–Trinajstić information content (AvgIpc) is 2.70. The Morgan fingerprint density at radius 2 is 1.78 bits per heavy atom. The van der Waals surface area contributed by atoms with Gasteiger partial charge >= 0.3 is 0 Å². The van der Waals surface area contributed by atoms with Crippen LogP contribution in [-0.2, 0) is 0 Å². The van der Waals surface area contributed by atoms with Crippen molar-refractivity contribution in [1.29, 1.82) is 0 Å². The van der Waals surface area contributed by atoms with Crippen molar-refractivity contribution >= 4 is 22.1 Å². The lowest BCUT2D eigenvalue weighted by molar-refractivity contribution is 0.0860. The topological polar surface area (TPSA) is 43.1 Å². The molecule has 0 aliphatic carbocycles. The number of carbonyl (C=O) groups excluding carboxylic acids is 1. The van der Waals surface area contributed by atoms with E-state index in [9.17, 15) is 4.79 Å². The van der Waals surface area contributed by atoms with Crippen molar-refractivity contribution < 1.29 is 4.79 Å². The van der Waals surface area contributed by atoms with Crippen LogP contribution < -0.4 is 5.73 Å². The Kier molecular flexibility index (Phi) is 3.26. The first kappa shape index (κ1) is 12.8. The van der Waals surface area contributed by atoms with Crippen molar-refractivity contribution in [1.82, 2.24) is 0 Å². The van der Waals surface area contributed by atoms with Crippen LogP contribution in [0.15, 0.2) is 36.4 Å². The number of rotatable bonds is 2. The summed E-state index contributed by atoms with van der Waals surface area (Å²) < 4.78 is 0. The Labute approximate surface area is 111 Å². The van der Waals surface area contributed by atoms with Gasteiger partial charge in [0, 0.05) is 10.3 Å². The SMILES string of the molecule is CC(C)(C)C(=O)c1cc(-c2ccccc2)sc1N. The molecule has 0 unspecified atom stereocenters. The first-order valence-corrected chi connectivity index (χ1v) is 6.71. The van der Waals surface area contributed by atoms with Crippen molar-refractivity contribution in [2.24, 2.45) is 5.41 Å². The Morgan fingerprint density at radius 1 is 1.17 bits per heavy atom. The fourth-order valence-electron chi connectivity index (χ4n) is 1.73. The summed E-state index contributed by atoms with van der Waals surface area (Å²) in [5.74, 6) is 0.0958. The van der Waals surface area contributed by atoms with Crippen molar-refractivity contribution in [2.45, 2.75) is 20.8 Å². The van der Waals surface area contributed by atoms with Crippen LogP contribution in [0.1, 0.15) is 31.1 Å². The van der Waals surface area contributed by atoms with Gasteiger partial charge in [0.15, 0.2) is 5.78 Å². The standard InChI is InChI=1S/C15H17NOS/c1-15(2,3)13(17)11-9-12(18-14(11)16)10-7-5-4-6-8-10/h4-9H,16H2,1-3H3. The zero-order chi connectivity index (χ0) is 13.3. The first-order valence-electron chi connectivity index (χ1n) is 5.89. The van der Waals surface area contributed by atoms with E-state index in [0.29, 0.717) is 10.6 Å². The summed E-state index contributed by atoms with van der Waals surface area (Å²) in [5, 5.41) is 0.605. The lowest BCUT2D eigenvalue weighted by Gasteiger charge is -2.15. The highest BCUT2D eigenvalue weighted by Gasteiger charge is 2.26. The second-order valence-electron chi connectivity index (χ2n) is 5.33. The normalized spacial score (nSPS) is 11.5. The summed E-state index contributed by atoms with van der Waals surface area (Å²) in [4.78, 5) is 13.3. The van der Waals surface area contributed by atoms with Crippen LogP contribution >= 0.6 is 11.3 Å². The number of hydrogen-bond acceptors (Lipinski definition) is 3. The smallest absolute Gasteiger partial charge is 0.171 e. The first-order chi connectivity index (χ1) is 8.39. The number of carbonyl (C=O) groups is 1. The minimum Gasteiger partial charge on any atom is -0.390 e. The maximum absolute atomic E-state index is 12.3. The van der Waals surface area contributed by atoms with Crippen LogP contribution in [-0.4, -0.2) is 5.78 Å². The highest BCUT2D eigenvalue weighted by Crippen LogP contribution is 2.36. The number of benzene rings is 1. The second kappa shape index (κ2) is 4.58. The van der Waals surface area contributed by atoms with E-state index in [1.54, 1.807) is 0 Å². The van der Waals surface area contributed by atoms with E-state index >= 15 is 0 Å². The van der Waals surface area contributed by atoms with Crippen LogP contribution in [0.3, 0.4) is 0 Å². The van der Waals surface area contributed by atoms with Gasteiger partial charge in [0.25, 0.3) is 0 Å². The Hall–Kier alpha value is -1.61. The van der Waals surface area contributed by atoms with Crippen molar-refractivity contribution in [2.75, 3.05) is 5.73 Å². The number of Topliss-reactive ketones (excluding diaryl/α,β-unsaturated/α-hetero) is 1. The van der Waals surface area contributed by atoms with Gasteiger partial charge in [0.05, 0.1) is 10.6 Å². The van der Waals surface area contributed by atoms with Crippen LogP contribution in [0.4, 0.5) is 5.00 Å². The minimum absolute atomic E-state index is 0.0958. The Bertz CT molecular complexity index is 564. The van der Waals surface area contributed by atoms with E-state index in [1.165, 1.54) is 11.3 Å². The molecule has 0 amide bonds. The summed E-state index contributed by atoms with van der Waals surface area (Å²) in [6.45, 7) is 5.73. The molecule has 0 aliphatic heterocycles. The third kappa shape index (κ3) is 2.46. The molecule has 0 fully saturated rings. The van der Waals surface area contributed by atoms with Crippen molar-refractivity contribution in [3.63, 3.8) is 0 Å². The molecule has 94 valence electrons. The van der Waals surface area contributed by atoms with E-state index in [4.69, 9.17) is 5.73 Å². The molecule has 2 nitrogen and oxygen atoms in total.